The maximum absolute atomic E-state index is 12.3. The largest absolute Gasteiger partial charge is 0.481 e. The van der Waals surface area contributed by atoms with Crippen molar-refractivity contribution in [2.75, 3.05) is 19.6 Å². The highest BCUT2D eigenvalue weighted by Gasteiger charge is 2.24. The van der Waals surface area contributed by atoms with Gasteiger partial charge in [0.2, 0.25) is 0 Å². The van der Waals surface area contributed by atoms with Gasteiger partial charge in [-0.25, -0.2) is 0 Å². The molecule has 0 heterocycles. The minimum atomic E-state index is -3.21. The van der Waals surface area contributed by atoms with Gasteiger partial charge in [0.15, 0.2) is 6.35 Å². The van der Waals surface area contributed by atoms with Crippen LogP contribution in [0.2, 0.25) is 0 Å². The molecule has 0 spiro atoms. The van der Waals surface area contributed by atoms with E-state index >= 15 is 0 Å². The van der Waals surface area contributed by atoms with Crippen LogP contribution in [0, 0.1) is 0 Å². The summed E-state index contributed by atoms with van der Waals surface area (Å²) in [5, 5.41) is 8.93. The number of ether oxygens (including phenoxy) is 1. The van der Waals surface area contributed by atoms with Crippen molar-refractivity contribution in [2.24, 2.45) is 0 Å². The summed E-state index contributed by atoms with van der Waals surface area (Å²) in [6.07, 6.45) is 8.01. The van der Waals surface area contributed by atoms with E-state index in [0.717, 1.165) is 5.57 Å². The van der Waals surface area contributed by atoms with E-state index in [0.29, 0.717) is 25.4 Å². The second kappa shape index (κ2) is 12.5. The van der Waals surface area contributed by atoms with Gasteiger partial charge in [-0.05, 0) is 44.9 Å². The summed E-state index contributed by atoms with van der Waals surface area (Å²) in [6.45, 7) is 9.98. The van der Waals surface area contributed by atoms with Gasteiger partial charge in [0.25, 0.3) is 0 Å². The molecule has 134 valence electrons. The van der Waals surface area contributed by atoms with Crippen LogP contribution in [0.3, 0.4) is 0 Å². The molecule has 1 rings (SSSR count). The van der Waals surface area contributed by atoms with E-state index < -0.39 is 7.60 Å². The third-order valence-corrected chi connectivity index (χ3v) is 4.60. The Morgan fingerprint density at radius 3 is 2.35 bits per heavy atom. The maximum atomic E-state index is 12.3. The molecule has 0 radical (unpaired) electrons. The molecular weight excluding hydrogens is 317 g/mol. The van der Waals surface area contributed by atoms with Crippen molar-refractivity contribution in [1.29, 1.82) is 0 Å². The van der Waals surface area contributed by atoms with E-state index in [1.165, 1.54) is 0 Å². The minimum absolute atomic E-state index is 0.117. The van der Waals surface area contributed by atoms with Crippen LogP contribution < -0.4 is 5.48 Å². The Hall–Kier alpha value is -0.910. The summed E-state index contributed by atoms with van der Waals surface area (Å²) >= 11 is 0. The standard InChI is InChI=1S/C14H24NO5P.C2H6/c1-4-19-21(17,20-5-2)11-18-14-8-6-7-13(9-10-14)12(3)15-16;1-2/h7-10,12,15-16H,4-6,11H2,1-3H3;1-2H3. The zero-order chi connectivity index (χ0) is 17.7. The summed E-state index contributed by atoms with van der Waals surface area (Å²) in [7, 11) is -3.21. The van der Waals surface area contributed by atoms with Crippen molar-refractivity contribution in [1.82, 2.24) is 5.48 Å². The normalized spacial score (nSPS) is 15.7. The lowest BCUT2D eigenvalue weighted by Crippen LogP contribution is -2.23. The molecule has 6 nitrogen and oxygen atoms in total. The van der Waals surface area contributed by atoms with Crippen molar-refractivity contribution >= 4 is 7.60 Å². The van der Waals surface area contributed by atoms with Gasteiger partial charge >= 0.3 is 7.60 Å². The maximum Gasteiger partial charge on any atom is 0.367 e. The summed E-state index contributed by atoms with van der Waals surface area (Å²) in [5.41, 5.74) is 3.15. The van der Waals surface area contributed by atoms with Gasteiger partial charge in [-0.2, -0.15) is 5.48 Å². The van der Waals surface area contributed by atoms with E-state index in [1.807, 2.05) is 39.0 Å². The Morgan fingerprint density at radius 2 is 1.83 bits per heavy atom. The molecule has 1 atom stereocenters. The van der Waals surface area contributed by atoms with Crippen molar-refractivity contribution in [3.63, 3.8) is 0 Å². The highest BCUT2D eigenvalue weighted by molar-refractivity contribution is 7.53. The molecule has 23 heavy (non-hydrogen) atoms. The SMILES string of the molecule is CC.CCOP(=O)(COC1=CCC=C(C(C)NO)C=C1)OCC. The van der Waals surface area contributed by atoms with E-state index in [9.17, 15) is 4.57 Å². The Bertz CT molecular complexity index is 449. The zero-order valence-corrected chi connectivity index (χ0v) is 15.6. The first-order valence-electron chi connectivity index (χ1n) is 8.03. The smallest absolute Gasteiger partial charge is 0.367 e. The van der Waals surface area contributed by atoms with Crippen LogP contribution in [0.5, 0.6) is 0 Å². The molecule has 0 saturated heterocycles. The molecule has 0 aromatic carbocycles. The minimum Gasteiger partial charge on any atom is -0.481 e. The average Bonchev–Trinajstić information content (AvgIpc) is 2.80. The van der Waals surface area contributed by atoms with Gasteiger partial charge in [0.05, 0.1) is 19.3 Å². The fraction of sp³-hybridized carbons (Fsp3) is 0.625. The van der Waals surface area contributed by atoms with Gasteiger partial charge in [-0.3, -0.25) is 4.57 Å². The summed E-state index contributed by atoms with van der Waals surface area (Å²) in [6, 6.07) is -0.160. The number of hydroxylamine groups is 1. The van der Waals surface area contributed by atoms with Gasteiger partial charge < -0.3 is 19.0 Å². The van der Waals surface area contributed by atoms with Gasteiger partial charge in [-0.15, -0.1) is 0 Å². The molecule has 0 bridgehead atoms. The Kier molecular flexibility index (Phi) is 12.0. The zero-order valence-electron chi connectivity index (χ0n) is 14.7. The number of rotatable bonds is 9. The molecule has 1 aliphatic carbocycles. The second-order valence-corrected chi connectivity index (χ2v) is 6.45. The van der Waals surface area contributed by atoms with Crippen LogP contribution in [-0.2, 0) is 18.3 Å². The average molecular weight is 347 g/mol. The van der Waals surface area contributed by atoms with Crippen LogP contribution in [0.25, 0.3) is 0 Å². The number of hydrogen-bond acceptors (Lipinski definition) is 6. The molecule has 0 amide bonds. The Labute approximate surface area is 139 Å². The van der Waals surface area contributed by atoms with Gasteiger partial charge in [0, 0.05) is 0 Å². The first-order chi connectivity index (χ1) is 11.0. The Balaban J connectivity index is 0.00000232. The van der Waals surface area contributed by atoms with Crippen molar-refractivity contribution in [2.45, 2.75) is 47.1 Å². The van der Waals surface area contributed by atoms with Crippen LogP contribution in [0.15, 0.2) is 35.6 Å². The third kappa shape index (κ3) is 8.49. The fourth-order valence-electron chi connectivity index (χ4n) is 1.79. The third-order valence-electron chi connectivity index (χ3n) is 2.85. The number of hydrogen-bond donors (Lipinski definition) is 2. The van der Waals surface area contributed by atoms with E-state index in [4.69, 9.17) is 19.0 Å². The summed E-state index contributed by atoms with van der Waals surface area (Å²) in [4.78, 5) is 0. The fourth-order valence-corrected chi connectivity index (χ4v) is 3.10. The van der Waals surface area contributed by atoms with E-state index in [-0.39, 0.29) is 12.4 Å². The lowest BCUT2D eigenvalue weighted by molar-refractivity contribution is 0.146. The van der Waals surface area contributed by atoms with Crippen molar-refractivity contribution in [3.8, 4) is 0 Å². The van der Waals surface area contributed by atoms with Crippen LogP contribution in [-0.4, -0.2) is 30.8 Å². The highest BCUT2D eigenvalue weighted by Crippen LogP contribution is 2.48. The van der Waals surface area contributed by atoms with Gasteiger partial charge in [0.1, 0.15) is 5.76 Å². The quantitative estimate of drug-likeness (QED) is 0.476. The predicted octanol–water partition coefficient (Wildman–Crippen LogP) is 4.39. The lowest BCUT2D eigenvalue weighted by atomic mass is 10.1. The number of allylic oxidation sites excluding steroid dienone is 3. The molecule has 0 aromatic rings. The lowest BCUT2D eigenvalue weighted by Gasteiger charge is -2.17. The van der Waals surface area contributed by atoms with Gasteiger partial charge in [-0.1, -0.05) is 26.0 Å². The molecule has 2 N–H and O–H groups in total. The molecule has 1 unspecified atom stereocenters. The molecular formula is C16H30NO5P. The molecule has 0 fully saturated rings. The van der Waals surface area contributed by atoms with Crippen molar-refractivity contribution in [3.05, 3.63) is 35.6 Å². The monoisotopic (exact) mass is 347 g/mol. The highest BCUT2D eigenvalue weighted by atomic mass is 31.2. The summed E-state index contributed by atoms with van der Waals surface area (Å²) in [5.74, 6) is 0.603. The number of nitrogens with one attached hydrogen (secondary N) is 1. The molecule has 0 aromatic heterocycles. The second-order valence-electron chi connectivity index (χ2n) is 4.45. The van der Waals surface area contributed by atoms with Crippen LogP contribution >= 0.6 is 7.60 Å². The van der Waals surface area contributed by atoms with Crippen molar-refractivity contribution < 1.29 is 23.6 Å². The van der Waals surface area contributed by atoms with Crippen LogP contribution in [0.4, 0.5) is 0 Å². The molecule has 0 saturated carbocycles. The van der Waals surface area contributed by atoms with Crippen LogP contribution in [0.1, 0.15) is 41.0 Å². The molecule has 1 aliphatic rings. The predicted molar refractivity (Wildman–Crippen MR) is 92.5 cm³/mol. The Morgan fingerprint density at radius 1 is 1.22 bits per heavy atom. The molecule has 7 heteroatoms. The molecule has 0 aliphatic heterocycles. The topological polar surface area (TPSA) is 77.0 Å². The van der Waals surface area contributed by atoms with E-state index in [2.05, 4.69) is 5.48 Å². The van der Waals surface area contributed by atoms with E-state index in [1.54, 1.807) is 19.9 Å². The first kappa shape index (κ1) is 22.1. The summed E-state index contributed by atoms with van der Waals surface area (Å²) < 4.78 is 28.2. The first-order valence-corrected chi connectivity index (χ1v) is 9.76.